The molecule has 0 aliphatic carbocycles. The highest BCUT2D eigenvalue weighted by Gasteiger charge is 2.13. The van der Waals surface area contributed by atoms with Gasteiger partial charge in [-0.3, -0.25) is 5.32 Å². The van der Waals surface area contributed by atoms with Crippen LogP contribution in [0.15, 0.2) is 18.7 Å². The minimum absolute atomic E-state index is 0.502. The highest BCUT2D eigenvalue weighted by molar-refractivity contribution is 4.81. The highest BCUT2D eigenvalue weighted by Crippen LogP contribution is 2.14. The van der Waals surface area contributed by atoms with E-state index in [-0.39, 0.29) is 0 Å². The second-order valence-electron chi connectivity index (χ2n) is 2.62. The molecule has 0 saturated carbocycles. The molecular weight excluding hydrogens is 126 g/mol. The van der Waals surface area contributed by atoms with Gasteiger partial charge < -0.3 is 4.57 Å². The minimum atomic E-state index is 0.502. The van der Waals surface area contributed by atoms with Crippen molar-refractivity contribution >= 4 is 0 Å². The van der Waals surface area contributed by atoms with E-state index in [9.17, 15) is 0 Å². The smallest absolute Gasteiger partial charge is 0.0959 e. The summed E-state index contributed by atoms with van der Waals surface area (Å²) in [6.45, 7) is 1.14. The molecule has 0 bridgehead atoms. The summed E-state index contributed by atoms with van der Waals surface area (Å²) in [4.78, 5) is 3.99. The maximum atomic E-state index is 3.99. The Kier molecular flexibility index (Phi) is 1.43. The Hall–Kier alpha value is -0.830. The van der Waals surface area contributed by atoms with Crippen LogP contribution in [0.5, 0.6) is 0 Å². The van der Waals surface area contributed by atoms with Crippen LogP contribution in [-0.2, 0) is 0 Å². The first-order chi connectivity index (χ1) is 4.97. The first-order valence-corrected chi connectivity index (χ1v) is 3.67. The standard InChI is InChI=1S/C7H11N3/c1-2-7(9-3-1)10-5-4-8-6-10/h4-7,9H,1-3H2/t7-/m0/s1. The molecule has 0 radical (unpaired) electrons. The van der Waals surface area contributed by atoms with Crippen LogP contribution in [0, 0.1) is 0 Å². The lowest BCUT2D eigenvalue weighted by molar-refractivity contribution is 0.469. The third-order valence-electron chi connectivity index (χ3n) is 1.92. The van der Waals surface area contributed by atoms with E-state index in [2.05, 4.69) is 14.9 Å². The molecule has 1 aromatic rings. The van der Waals surface area contributed by atoms with Crippen molar-refractivity contribution in [2.75, 3.05) is 6.54 Å². The van der Waals surface area contributed by atoms with Crippen LogP contribution in [-0.4, -0.2) is 16.1 Å². The Morgan fingerprint density at radius 2 is 2.60 bits per heavy atom. The zero-order valence-corrected chi connectivity index (χ0v) is 5.83. The minimum Gasteiger partial charge on any atom is -0.321 e. The second kappa shape index (κ2) is 2.42. The fraction of sp³-hybridized carbons (Fsp3) is 0.571. The number of nitrogens with one attached hydrogen (secondary N) is 1. The summed E-state index contributed by atoms with van der Waals surface area (Å²) < 4.78 is 2.12. The first kappa shape index (κ1) is 5.92. The van der Waals surface area contributed by atoms with Gasteiger partial charge in [-0.05, 0) is 19.4 Å². The summed E-state index contributed by atoms with van der Waals surface area (Å²) in [6.07, 6.45) is 8.70. The van der Waals surface area contributed by atoms with Gasteiger partial charge in [-0.2, -0.15) is 0 Å². The third kappa shape index (κ3) is 0.926. The van der Waals surface area contributed by atoms with Gasteiger partial charge in [-0.25, -0.2) is 4.98 Å². The van der Waals surface area contributed by atoms with Crippen LogP contribution in [0.2, 0.25) is 0 Å². The number of rotatable bonds is 1. The Morgan fingerprint density at radius 1 is 1.60 bits per heavy atom. The van der Waals surface area contributed by atoms with E-state index in [0.717, 1.165) is 6.54 Å². The third-order valence-corrected chi connectivity index (χ3v) is 1.92. The predicted molar refractivity (Wildman–Crippen MR) is 38.5 cm³/mol. The summed E-state index contributed by atoms with van der Waals surface area (Å²) >= 11 is 0. The zero-order valence-electron chi connectivity index (χ0n) is 5.83. The SMILES string of the molecule is c1cn([C@H]2CCCN2)cn1. The highest BCUT2D eigenvalue weighted by atomic mass is 15.2. The molecule has 2 rings (SSSR count). The van der Waals surface area contributed by atoms with Gasteiger partial charge >= 0.3 is 0 Å². The van der Waals surface area contributed by atoms with E-state index < -0.39 is 0 Å². The fourth-order valence-electron chi connectivity index (χ4n) is 1.37. The molecule has 0 amide bonds. The van der Waals surface area contributed by atoms with E-state index in [1.54, 1.807) is 0 Å². The van der Waals surface area contributed by atoms with Gasteiger partial charge in [0.05, 0.1) is 12.5 Å². The summed E-state index contributed by atoms with van der Waals surface area (Å²) in [5.74, 6) is 0. The second-order valence-corrected chi connectivity index (χ2v) is 2.62. The number of nitrogens with zero attached hydrogens (tertiary/aromatic N) is 2. The Morgan fingerprint density at radius 3 is 3.20 bits per heavy atom. The molecule has 1 fully saturated rings. The molecule has 3 nitrogen and oxygen atoms in total. The molecular formula is C7H11N3. The molecule has 1 aliphatic rings. The molecule has 1 saturated heterocycles. The lowest BCUT2D eigenvalue weighted by Crippen LogP contribution is -2.18. The van der Waals surface area contributed by atoms with E-state index in [1.807, 2.05) is 18.7 Å². The molecule has 10 heavy (non-hydrogen) atoms. The Labute approximate surface area is 60.1 Å². The number of hydrogen-bond acceptors (Lipinski definition) is 2. The van der Waals surface area contributed by atoms with E-state index in [0.29, 0.717) is 6.17 Å². The van der Waals surface area contributed by atoms with Crippen molar-refractivity contribution in [3.8, 4) is 0 Å². The summed E-state index contributed by atoms with van der Waals surface area (Å²) in [6, 6.07) is 0. The van der Waals surface area contributed by atoms with Crippen molar-refractivity contribution in [1.82, 2.24) is 14.9 Å². The molecule has 1 aliphatic heterocycles. The van der Waals surface area contributed by atoms with Gasteiger partial charge in [0.2, 0.25) is 0 Å². The number of aromatic nitrogens is 2. The summed E-state index contributed by atoms with van der Waals surface area (Å²) in [5.41, 5.74) is 0. The fourth-order valence-corrected chi connectivity index (χ4v) is 1.37. The largest absolute Gasteiger partial charge is 0.321 e. The topological polar surface area (TPSA) is 29.9 Å². The van der Waals surface area contributed by atoms with E-state index in [4.69, 9.17) is 0 Å². The van der Waals surface area contributed by atoms with Gasteiger partial charge in [-0.1, -0.05) is 0 Å². The van der Waals surface area contributed by atoms with Crippen molar-refractivity contribution in [3.63, 3.8) is 0 Å². The lowest BCUT2D eigenvalue weighted by atomic mass is 10.3. The van der Waals surface area contributed by atoms with Gasteiger partial charge in [0.15, 0.2) is 0 Å². The number of hydrogen-bond donors (Lipinski definition) is 1. The van der Waals surface area contributed by atoms with Crippen LogP contribution in [0.1, 0.15) is 19.0 Å². The van der Waals surface area contributed by atoms with Crippen LogP contribution in [0.25, 0.3) is 0 Å². The number of imidazole rings is 1. The van der Waals surface area contributed by atoms with Crippen LogP contribution >= 0.6 is 0 Å². The molecule has 1 N–H and O–H groups in total. The molecule has 0 aromatic carbocycles. The van der Waals surface area contributed by atoms with Crippen molar-refractivity contribution in [3.05, 3.63) is 18.7 Å². The predicted octanol–water partition coefficient (Wildman–Crippen LogP) is 0.765. The first-order valence-electron chi connectivity index (χ1n) is 3.67. The maximum absolute atomic E-state index is 3.99. The molecule has 54 valence electrons. The van der Waals surface area contributed by atoms with Gasteiger partial charge in [-0.15, -0.1) is 0 Å². The van der Waals surface area contributed by atoms with Crippen molar-refractivity contribution in [2.24, 2.45) is 0 Å². The quantitative estimate of drug-likeness (QED) is 0.619. The summed E-state index contributed by atoms with van der Waals surface area (Å²) in [5, 5.41) is 3.38. The van der Waals surface area contributed by atoms with Crippen LogP contribution in [0.4, 0.5) is 0 Å². The maximum Gasteiger partial charge on any atom is 0.0959 e. The molecule has 1 atom stereocenters. The van der Waals surface area contributed by atoms with Crippen LogP contribution < -0.4 is 5.32 Å². The molecule has 3 heteroatoms. The molecule has 0 spiro atoms. The Bertz CT molecular complexity index is 187. The Balaban J connectivity index is 2.12. The zero-order chi connectivity index (χ0) is 6.81. The monoisotopic (exact) mass is 137 g/mol. The molecule has 2 heterocycles. The van der Waals surface area contributed by atoms with E-state index in [1.165, 1.54) is 12.8 Å². The molecule has 1 aromatic heterocycles. The van der Waals surface area contributed by atoms with Gasteiger partial charge in [0, 0.05) is 12.4 Å². The average Bonchev–Trinajstić information content (AvgIpc) is 2.59. The van der Waals surface area contributed by atoms with E-state index >= 15 is 0 Å². The normalized spacial score (nSPS) is 25.4. The van der Waals surface area contributed by atoms with Gasteiger partial charge in [0.25, 0.3) is 0 Å². The van der Waals surface area contributed by atoms with Crippen molar-refractivity contribution in [2.45, 2.75) is 19.0 Å². The lowest BCUT2D eigenvalue weighted by Gasteiger charge is -2.09. The van der Waals surface area contributed by atoms with Crippen molar-refractivity contribution in [1.29, 1.82) is 0 Å². The molecule has 0 unspecified atom stereocenters. The van der Waals surface area contributed by atoms with Gasteiger partial charge in [0.1, 0.15) is 0 Å². The average molecular weight is 137 g/mol. The van der Waals surface area contributed by atoms with Crippen LogP contribution in [0.3, 0.4) is 0 Å². The summed E-state index contributed by atoms with van der Waals surface area (Å²) in [7, 11) is 0. The van der Waals surface area contributed by atoms with Crippen molar-refractivity contribution < 1.29 is 0 Å².